The van der Waals surface area contributed by atoms with Crippen molar-refractivity contribution in [3.05, 3.63) is 64.3 Å². The van der Waals surface area contributed by atoms with Crippen LogP contribution in [0.2, 0.25) is 0 Å². The predicted molar refractivity (Wildman–Crippen MR) is 104 cm³/mol. The zero-order valence-electron chi connectivity index (χ0n) is 14.5. The summed E-state index contributed by atoms with van der Waals surface area (Å²) in [5.74, 6) is -0.742. The quantitative estimate of drug-likeness (QED) is 0.351. The van der Waals surface area contributed by atoms with Crippen LogP contribution in [0.1, 0.15) is 17.0 Å². The summed E-state index contributed by atoms with van der Waals surface area (Å²) in [5.41, 5.74) is 7.71. The first-order valence-corrected chi connectivity index (χ1v) is 8.96. The molecule has 0 atom stereocenters. The fourth-order valence-corrected chi connectivity index (χ4v) is 2.47. The summed E-state index contributed by atoms with van der Waals surface area (Å²) in [7, 11) is 0. The SMILES string of the molecule is N/C=C(/C(=O)NCCNC(=O)CO)c1ncc(Cc2ccc(Br)cc2)cn1. The van der Waals surface area contributed by atoms with Gasteiger partial charge in [-0.15, -0.1) is 0 Å². The Morgan fingerprint density at radius 2 is 1.70 bits per heavy atom. The minimum atomic E-state index is -0.595. The first-order valence-electron chi connectivity index (χ1n) is 8.17. The number of hydrogen-bond donors (Lipinski definition) is 4. The summed E-state index contributed by atoms with van der Waals surface area (Å²) in [5, 5.41) is 13.6. The van der Waals surface area contributed by atoms with Crippen LogP contribution in [0.5, 0.6) is 0 Å². The van der Waals surface area contributed by atoms with Crippen LogP contribution in [0.4, 0.5) is 0 Å². The largest absolute Gasteiger partial charge is 0.404 e. The van der Waals surface area contributed by atoms with Crippen LogP contribution in [0.15, 0.2) is 47.3 Å². The van der Waals surface area contributed by atoms with Gasteiger partial charge in [-0.3, -0.25) is 9.59 Å². The lowest BCUT2D eigenvalue weighted by Crippen LogP contribution is -2.36. The van der Waals surface area contributed by atoms with Gasteiger partial charge in [-0.05, 0) is 23.3 Å². The van der Waals surface area contributed by atoms with Gasteiger partial charge >= 0.3 is 0 Å². The van der Waals surface area contributed by atoms with Crippen LogP contribution in [0.3, 0.4) is 0 Å². The molecular formula is C18H20BrN5O3. The normalized spacial score (nSPS) is 11.1. The van der Waals surface area contributed by atoms with Crippen molar-refractivity contribution in [1.82, 2.24) is 20.6 Å². The molecule has 27 heavy (non-hydrogen) atoms. The van der Waals surface area contributed by atoms with E-state index in [1.807, 2.05) is 24.3 Å². The number of nitrogens with zero attached hydrogens (tertiary/aromatic N) is 2. The van der Waals surface area contributed by atoms with Gasteiger partial charge in [-0.1, -0.05) is 28.1 Å². The van der Waals surface area contributed by atoms with E-state index < -0.39 is 18.4 Å². The Hall–Kier alpha value is -2.78. The number of rotatable bonds is 8. The molecule has 1 aromatic carbocycles. The standard InChI is InChI=1S/C18H20BrN5O3/c19-14-3-1-12(2-4-14)7-13-9-23-17(24-10-13)15(8-20)18(27)22-6-5-21-16(26)11-25/h1-4,8-10,25H,5-7,11,20H2,(H,21,26)(H,22,27)/b15-8+. The number of aliphatic hydroxyl groups is 1. The highest BCUT2D eigenvalue weighted by Gasteiger charge is 2.14. The van der Waals surface area contributed by atoms with Crippen LogP contribution in [0, 0.1) is 0 Å². The van der Waals surface area contributed by atoms with Crippen LogP contribution in [-0.2, 0) is 16.0 Å². The van der Waals surface area contributed by atoms with E-state index in [2.05, 4.69) is 36.5 Å². The Morgan fingerprint density at radius 3 is 2.30 bits per heavy atom. The Bertz CT molecular complexity index is 807. The van der Waals surface area contributed by atoms with Crippen molar-refractivity contribution < 1.29 is 14.7 Å². The summed E-state index contributed by atoms with van der Waals surface area (Å²) >= 11 is 3.40. The van der Waals surface area contributed by atoms with E-state index in [9.17, 15) is 9.59 Å². The van der Waals surface area contributed by atoms with Gasteiger partial charge < -0.3 is 21.5 Å². The maximum atomic E-state index is 12.2. The molecule has 8 nitrogen and oxygen atoms in total. The molecule has 0 saturated heterocycles. The van der Waals surface area contributed by atoms with Gasteiger partial charge in [0, 0.05) is 42.6 Å². The topological polar surface area (TPSA) is 130 Å². The number of nitrogens with two attached hydrogens (primary N) is 1. The van der Waals surface area contributed by atoms with Crippen LogP contribution in [-0.4, -0.2) is 46.6 Å². The molecule has 0 aliphatic heterocycles. The highest BCUT2D eigenvalue weighted by atomic mass is 79.9. The molecule has 0 aliphatic carbocycles. The van der Waals surface area contributed by atoms with Crippen molar-refractivity contribution in [2.24, 2.45) is 5.73 Å². The number of hydrogen-bond acceptors (Lipinski definition) is 6. The third-order valence-electron chi connectivity index (χ3n) is 3.56. The number of benzene rings is 1. The van der Waals surface area contributed by atoms with Crippen molar-refractivity contribution in [2.75, 3.05) is 19.7 Å². The maximum absolute atomic E-state index is 12.2. The number of aliphatic hydroxyl groups excluding tert-OH is 1. The Labute approximate surface area is 165 Å². The fraction of sp³-hybridized carbons (Fsp3) is 0.222. The third-order valence-corrected chi connectivity index (χ3v) is 4.08. The summed E-state index contributed by atoms with van der Waals surface area (Å²) in [6.45, 7) is -0.220. The van der Waals surface area contributed by atoms with E-state index in [0.717, 1.165) is 21.8 Å². The molecule has 9 heteroatoms. The molecule has 0 aliphatic rings. The minimum absolute atomic E-state index is 0.138. The molecule has 0 spiro atoms. The zero-order chi connectivity index (χ0) is 19.6. The van der Waals surface area contributed by atoms with Gasteiger partial charge in [0.15, 0.2) is 5.82 Å². The first kappa shape index (κ1) is 20.5. The Kier molecular flexibility index (Phi) is 7.90. The maximum Gasteiger partial charge on any atom is 0.256 e. The van der Waals surface area contributed by atoms with Crippen LogP contribution in [0.25, 0.3) is 5.57 Å². The molecule has 1 aromatic heterocycles. The monoisotopic (exact) mass is 433 g/mol. The molecule has 0 unspecified atom stereocenters. The van der Waals surface area contributed by atoms with Gasteiger partial charge in [0.25, 0.3) is 5.91 Å². The second-order valence-electron chi connectivity index (χ2n) is 5.56. The first-order chi connectivity index (χ1) is 13.0. The lowest BCUT2D eigenvalue weighted by Gasteiger charge is -2.09. The molecule has 1 heterocycles. The molecular weight excluding hydrogens is 414 g/mol. The smallest absolute Gasteiger partial charge is 0.256 e. The lowest BCUT2D eigenvalue weighted by molar-refractivity contribution is -0.124. The number of aromatic nitrogens is 2. The van der Waals surface area contributed by atoms with E-state index in [4.69, 9.17) is 10.8 Å². The van der Waals surface area contributed by atoms with Crippen LogP contribution >= 0.6 is 15.9 Å². The molecule has 2 amide bonds. The highest BCUT2D eigenvalue weighted by molar-refractivity contribution is 9.10. The van der Waals surface area contributed by atoms with Crippen LogP contribution < -0.4 is 16.4 Å². The molecule has 0 radical (unpaired) electrons. The average Bonchev–Trinajstić information content (AvgIpc) is 2.68. The van der Waals surface area contributed by atoms with Gasteiger partial charge in [0.1, 0.15) is 6.61 Å². The summed E-state index contributed by atoms with van der Waals surface area (Å²) in [4.78, 5) is 31.6. The van der Waals surface area contributed by atoms with Gasteiger partial charge in [0.2, 0.25) is 5.91 Å². The number of amides is 2. The van der Waals surface area contributed by atoms with Gasteiger partial charge in [-0.25, -0.2) is 9.97 Å². The van der Waals surface area contributed by atoms with Crippen molar-refractivity contribution in [3.63, 3.8) is 0 Å². The zero-order valence-corrected chi connectivity index (χ0v) is 16.1. The second-order valence-corrected chi connectivity index (χ2v) is 6.48. The number of nitrogens with one attached hydrogen (secondary N) is 2. The molecule has 0 bridgehead atoms. The molecule has 142 valence electrons. The Morgan fingerprint density at radius 1 is 1.07 bits per heavy atom. The summed E-state index contributed by atoms with van der Waals surface area (Å²) in [6.07, 6.45) is 5.13. The molecule has 2 aromatic rings. The van der Waals surface area contributed by atoms with Gasteiger partial charge in [0.05, 0.1) is 5.57 Å². The van der Waals surface area contributed by atoms with E-state index in [1.165, 1.54) is 0 Å². The van der Waals surface area contributed by atoms with E-state index in [1.54, 1.807) is 12.4 Å². The highest BCUT2D eigenvalue weighted by Crippen LogP contribution is 2.14. The number of carbonyl (C=O) groups is 2. The average molecular weight is 434 g/mol. The van der Waals surface area contributed by atoms with E-state index in [-0.39, 0.29) is 24.5 Å². The van der Waals surface area contributed by atoms with Crippen molar-refractivity contribution in [1.29, 1.82) is 0 Å². The molecule has 5 N–H and O–H groups in total. The fourth-order valence-electron chi connectivity index (χ4n) is 2.20. The van der Waals surface area contributed by atoms with Gasteiger partial charge in [-0.2, -0.15) is 0 Å². The van der Waals surface area contributed by atoms with E-state index in [0.29, 0.717) is 6.42 Å². The summed E-state index contributed by atoms with van der Waals surface area (Å²) in [6, 6.07) is 7.94. The van der Waals surface area contributed by atoms with Crippen molar-refractivity contribution in [3.8, 4) is 0 Å². The molecule has 0 saturated carbocycles. The number of carbonyl (C=O) groups excluding carboxylic acids is 2. The minimum Gasteiger partial charge on any atom is -0.404 e. The van der Waals surface area contributed by atoms with E-state index >= 15 is 0 Å². The number of halogens is 1. The Balaban J connectivity index is 1.93. The molecule has 2 rings (SSSR count). The second kappa shape index (κ2) is 10.4. The third kappa shape index (κ3) is 6.46. The van der Waals surface area contributed by atoms with Crippen molar-refractivity contribution >= 4 is 33.3 Å². The predicted octanol–water partition coefficient (Wildman–Crippen LogP) is 0.354. The summed E-state index contributed by atoms with van der Waals surface area (Å²) < 4.78 is 1.01. The molecule has 0 fully saturated rings. The lowest BCUT2D eigenvalue weighted by atomic mass is 10.1. The van der Waals surface area contributed by atoms with Crippen molar-refractivity contribution in [2.45, 2.75) is 6.42 Å².